The van der Waals surface area contributed by atoms with Gasteiger partial charge < -0.3 is 5.11 Å². The molecule has 0 fully saturated rings. The molecule has 0 aliphatic heterocycles. The monoisotopic (exact) mass is 184 g/mol. The van der Waals surface area contributed by atoms with Crippen LogP contribution in [0.2, 0.25) is 0 Å². The Morgan fingerprint density at radius 3 is 2.38 bits per heavy atom. The molecule has 13 heavy (non-hydrogen) atoms. The van der Waals surface area contributed by atoms with E-state index in [9.17, 15) is 5.11 Å². The lowest BCUT2D eigenvalue weighted by atomic mass is 10.1. The molecular weight excluding hydrogens is 164 g/mol. The largest absolute Gasteiger partial charge is 0.389 e. The molecule has 0 aromatic rings. The quantitative estimate of drug-likeness (QED) is 0.699. The van der Waals surface area contributed by atoms with Gasteiger partial charge in [-0.25, -0.2) is 0 Å². The zero-order chi connectivity index (χ0) is 10.5. The maximum absolute atomic E-state index is 9.58. The maximum atomic E-state index is 9.58. The van der Waals surface area contributed by atoms with Crippen LogP contribution in [0, 0.1) is 17.2 Å². The summed E-state index contributed by atoms with van der Waals surface area (Å²) in [5.41, 5.74) is -0.675. The standard InChI is InChI=1S/C10H20N2O/c1-5-12(7-9(2)6-11)8-10(3,4)13/h9,13H,5,7-8H2,1-4H3. The number of nitriles is 1. The van der Waals surface area contributed by atoms with Crippen LogP contribution in [0.5, 0.6) is 0 Å². The predicted octanol–water partition coefficient (Wildman–Crippen LogP) is 1.24. The minimum Gasteiger partial charge on any atom is -0.389 e. The fourth-order valence-corrected chi connectivity index (χ4v) is 1.28. The molecule has 0 amide bonds. The van der Waals surface area contributed by atoms with Crippen LogP contribution in [0.3, 0.4) is 0 Å². The number of hydrogen-bond donors (Lipinski definition) is 1. The molecule has 1 unspecified atom stereocenters. The molecule has 0 aromatic carbocycles. The molecule has 0 aliphatic carbocycles. The van der Waals surface area contributed by atoms with Crippen LogP contribution < -0.4 is 0 Å². The summed E-state index contributed by atoms with van der Waals surface area (Å²) in [5, 5.41) is 18.2. The number of likely N-dealkylation sites (N-methyl/N-ethyl adjacent to an activating group) is 1. The van der Waals surface area contributed by atoms with Crippen LogP contribution in [0.1, 0.15) is 27.7 Å². The van der Waals surface area contributed by atoms with E-state index < -0.39 is 5.60 Å². The van der Waals surface area contributed by atoms with Crippen LogP contribution in [0.4, 0.5) is 0 Å². The molecule has 1 atom stereocenters. The lowest BCUT2D eigenvalue weighted by molar-refractivity contribution is 0.0356. The fraction of sp³-hybridized carbons (Fsp3) is 0.900. The van der Waals surface area contributed by atoms with E-state index in [-0.39, 0.29) is 5.92 Å². The summed E-state index contributed by atoms with van der Waals surface area (Å²) in [7, 11) is 0. The second kappa shape index (κ2) is 5.21. The summed E-state index contributed by atoms with van der Waals surface area (Å²) < 4.78 is 0. The van der Waals surface area contributed by atoms with Gasteiger partial charge in [0.05, 0.1) is 17.6 Å². The normalized spacial score (nSPS) is 14.2. The third-order valence-corrected chi connectivity index (χ3v) is 1.81. The lowest BCUT2D eigenvalue weighted by Gasteiger charge is -2.28. The predicted molar refractivity (Wildman–Crippen MR) is 53.2 cm³/mol. The van der Waals surface area contributed by atoms with Crippen molar-refractivity contribution in [3.05, 3.63) is 0 Å². The topological polar surface area (TPSA) is 47.3 Å². The van der Waals surface area contributed by atoms with Gasteiger partial charge in [0.25, 0.3) is 0 Å². The highest BCUT2D eigenvalue weighted by Crippen LogP contribution is 2.06. The average molecular weight is 184 g/mol. The highest BCUT2D eigenvalue weighted by atomic mass is 16.3. The zero-order valence-corrected chi connectivity index (χ0v) is 9.04. The number of aliphatic hydroxyl groups is 1. The molecule has 0 saturated heterocycles. The SMILES string of the molecule is CCN(CC(C)C#N)CC(C)(C)O. The Morgan fingerprint density at radius 1 is 1.54 bits per heavy atom. The molecule has 0 spiro atoms. The van der Waals surface area contributed by atoms with Crippen molar-refractivity contribution in [1.29, 1.82) is 5.26 Å². The Balaban J connectivity index is 3.99. The van der Waals surface area contributed by atoms with Crippen molar-refractivity contribution in [3.8, 4) is 6.07 Å². The van der Waals surface area contributed by atoms with Gasteiger partial charge in [0, 0.05) is 13.1 Å². The van der Waals surface area contributed by atoms with E-state index in [1.807, 2.05) is 13.8 Å². The molecule has 0 radical (unpaired) electrons. The van der Waals surface area contributed by atoms with Crippen LogP contribution in [0.25, 0.3) is 0 Å². The van der Waals surface area contributed by atoms with Gasteiger partial charge in [-0.3, -0.25) is 4.90 Å². The summed E-state index contributed by atoms with van der Waals surface area (Å²) >= 11 is 0. The van der Waals surface area contributed by atoms with Gasteiger partial charge in [0.15, 0.2) is 0 Å². The second-order valence-corrected chi connectivity index (χ2v) is 4.17. The summed E-state index contributed by atoms with van der Waals surface area (Å²) in [4.78, 5) is 2.09. The third kappa shape index (κ3) is 6.56. The molecule has 0 bridgehead atoms. The van der Waals surface area contributed by atoms with E-state index >= 15 is 0 Å². The first-order valence-electron chi connectivity index (χ1n) is 4.73. The van der Waals surface area contributed by atoms with Gasteiger partial charge >= 0.3 is 0 Å². The Kier molecular flexibility index (Phi) is 4.97. The Bertz CT molecular complexity index is 178. The first kappa shape index (κ1) is 12.4. The lowest BCUT2D eigenvalue weighted by Crippen LogP contribution is -2.40. The molecule has 0 saturated carbocycles. The van der Waals surface area contributed by atoms with E-state index in [0.717, 1.165) is 13.1 Å². The minimum absolute atomic E-state index is 0.0299. The van der Waals surface area contributed by atoms with E-state index in [2.05, 4.69) is 11.0 Å². The number of rotatable bonds is 5. The third-order valence-electron chi connectivity index (χ3n) is 1.81. The summed E-state index contributed by atoms with van der Waals surface area (Å²) in [5.74, 6) is 0.0299. The molecule has 0 aliphatic rings. The van der Waals surface area contributed by atoms with Crippen LogP contribution >= 0.6 is 0 Å². The van der Waals surface area contributed by atoms with Gasteiger partial charge in [-0.1, -0.05) is 6.92 Å². The van der Waals surface area contributed by atoms with Gasteiger partial charge in [-0.15, -0.1) is 0 Å². The van der Waals surface area contributed by atoms with E-state index in [1.54, 1.807) is 13.8 Å². The summed E-state index contributed by atoms with van der Waals surface area (Å²) in [6.07, 6.45) is 0. The van der Waals surface area contributed by atoms with Crippen molar-refractivity contribution in [2.24, 2.45) is 5.92 Å². The molecular formula is C10H20N2O. The second-order valence-electron chi connectivity index (χ2n) is 4.17. The van der Waals surface area contributed by atoms with Gasteiger partial charge in [-0.2, -0.15) is 5.26 Å². The molecule has 0 rings (SSSR count). The molecule has 0 heterocycles. The highest BCUT2D eigenvalue weighted by molar-refractivity contribution is 4.82. The Morgan fingerprint density at radius 2 is 2.08 bits per heavy atom. The van der Waals surface area contributed by atoms with Gasteiger partial charge in [-0.05, 0) is 27.3 Å². The molecule has 3 heteroatoms. The smallest absolute Gasteiger partial charge is 0.0718 e. The van der Waals surface area contributed by atoms with E-state index in [0.29, 0.717) is 6.54 Å². The van der Waals surface area contributed by atoms with Crippen molar-refractivity contribution in [3.63, 3.8) is 0 Å². The van der Waals surface area contributed by atoms with E-state index in [1.165, 1.54) is 0 Å². The summed E-state index contributed by atoms with van der Waals surface area (Å²) in [6, 6.07) is 2.19. The van der Waals surface area contributed by atoms with Crippen LogP contribution in [0.15, 0.2) is 0 Å². The zero-order valence-electron chi connectivity index (χ0n) is 9.04. The highest BCUT2D eigenvalue weighted by Gasteiger charge is 2.18. The minimum atomic E-state index is -0.675. The Hall–Kier alpha value is -0.590. The number of nitrogens with zero attached hydrogens (tertiary/aromatic N) is 2. The molecule has 1 N–H and O–H groups in total. The molecule has 3 nitrogen and oxygen atoms in total. The average Bonchev–Trinajstić information content (AvgIpc) is 2.00. The number of hydrogen-bond acceptors (Lipinski definition) is 3. The van der Waals surface area contributed by atoms with E-state index in [4.69, 9.17) is 5.26 Å². The van der Waals surface area contributed by atoms with Gasteiger partial charge in [0.1, 0.15) is 0 Å². The Labute approximate surface area is 81.0 Å². The maximum Gasteiger partial charge on any atom is 0.0718 e. The van der Waals surface area contributed by atoms with Crippen LogP contribution in [-0.2, 0) is 0 Å². The van der Waals surface area contributed by atoms with Crippen molar-refractivity contribution >= 4 is 0 Å². The van der Waals surface area contributed by atoms with Crippen molar-refractivity contribution in [2.45, 2.75) is 33.3 Å². The summed E-state index contributed by atoms with van der Waals surface area (Å²) in [6.45, 7) is 9.73. The van der Waals surface area contributed by atoms with Crippen LogP contribution in [-0.4, -0.2) is 35.2 Å². The van der Waals surface area contributed by atoms with Gasteiger partial charge in [0.2, 0.25) is 0 Å². The first-order valence-corrected chi connectivity index (χ1v) is 4.73. The van der Waals surface area contributed by atoms with Crippen molar-refractivity contribution in [1.82, 2.24) is 4.90 Å². The molecule has 0 aromatic heterocycles. The van der Waals surface area contributed by atoms with Crippen molar-refractivity contribution in [2.75, 3.05) is 19.6 Å². The molecule has 76 valence electrons. The van der Waals surface area contributed by atoms with Crippen molar-refractivity contribution < 1.29 is 5.11 Å². The fourth-order valence-electron chi connectivity index (χ4n) is 1.28. The first-order chi connectivity index (χ1) is 5.89.